The first-order valence-electron chi connectivity index (χ1n) is 8.93. The molecule has 0 aliphatic heterocycles. The number of nitrogen functional groups attached to an aromatic ring is 1. The van der Waals surface area contributed by atoms with Crippen molar-refractivity contribution >= 4 is 16.9 Å². The third-order valence-corrected chi connectivity index (χ3v) is 4.68. The quantitative estimate of drug-likeness (QED) is 0.553. The number of nitrogens with two attached hydrogens (primary N) is 1. The number of anilines is 1. The van der Waals surface area contributed by atoms with Crippen LogP contribution in [0.5, 0.6) is 17.2 Å². The number of hydrogen-bond donors (Lipinski definition) is 1. The van der Waals surface area contributed by atoms with Crippen molar-refractivity contribution in [3.05, 3.63) is 54.9 Å². The average molecular weight is 388 g/mol. The van der Waals surface area contributed by atoms with Crippen LogP contribution < -0.4 is 19.9 Å². The molecule has 4 rings (SSSR count). The lowest BCUT2D eigenvalue weighted by atomic mass is 9.99. The van der Waals surface area contributed by atoms with Gasteiger partial charge in [0.25, 0.3) is 0 Å². The lowest BCUT2D eigenvalue weighted by molar-refractivity contribution is 0.324. The third kappa shape index (κ3) is 3.27. The first-order chi connectivity index (χ1) is 14.2. The molecular formula is C22H20N4O3. The van der Waals surface area contributed by atoms with Crippen molar-refractivity contribution in [2.24, 2.45) is 0 Å². The van der Waals surface area contributed by atoms with Gasteiger partial charge >= 0.3 is 0 Å². The molecular weight excluding hydrogens is 368 g/mol. The van der Waals surface area contributed by atoms with Crippen LogP contribution in [-0.2, 0) is 0 Å². The molecule has 2 aromatic heterocycles. The van der Waals surface area contributed by atoms with Crippen LogP contribution in [0.3, 0.4) is 0 Å². The summed E-state index contributed by atoms with van der Waals surface area (Å²) in [7, 11) is 4.73. The van der Waals surface area contributed by atoms with E-state index in [0.717, 1.165) is 22.1 Å². The second-order valence-electron chi connectivity index (χ2n) is 6.29. The molecule has 2 heterocycles. The molecule has 0 bridgehead atoms. The predicted molar refractivity (Wildman–Crippen MR) is 112 cm³/mol. The highest BCUT2D eigenvalue weighted by Crippen LogP contribution is 2.42. The van der Waals surface area contributed by atoms with Crippen LogP contribution in [0, 0.1) is 0 Å². The van der Waals surface area contributed by atoms with E-state index < -0.39 is 0 Å². The molecule has 0 radical (unpaired) electrons. The van der Waals surface area contributed by atoms with Gasteiger partial charge in [-0.2, -0.15) is 0 Å². The maximum absolute atomic E-state index is 6.16. The Hall–Kier alpha value is -3.87. The number of fused-ring (bicyclic) bond motifs is 1. The summed E-state index contributed by atoms with van der Waals surface area (Å²) in [4.78, 5) is 13.2. The van der Waals surface area contributed by atoms with Gasteiger partial charge in [0.1, 0.15) is 12.1 Å². The number of benzene rings is 2. The number of ether oxygens (including phenoxy) is 3. The van der Waals surface area contributed by atoms with E-state index in [9.17, 15) is 0 Å². The van der Waals surface area contributed by atoms with Crippen LogP contribution in [0.2, 0.25) is 0 Å². The molecule has 2 N–H and O–H groups in total. The summed E-state index contributed by atoms with van der Waals surface area (Å²) in [5.41, 5.74) is 10.1. The Morgan fingerprint density at radius 2 is 1.48 bits per heavy atom. The fourth-order valence-corrected chi connectivity index (χ4v) is 3.31. The standard InChI is InChI=1S/C22H20N4O3/c1-27-17-9-14(10-18(28-2)20(17)29-3)16-11-15(13-7-5-4-6-8-13)19-21(23)24-12-25-22(19)26-16/h4-12H,1-3H3,(H2,23,24,25,26). The average Bonchev–Trinajstić information content (AvgIpc) is 2.78. The summed E-state index contributed by atoms with van der Waals surface area (Å²) in [6.45, 7) is 0. The van der Waals surface area contributed by atoms with Gasteiger partial charge in [0.15, 0.2) is 17.1 Å². The SMILES string of the molecule is COc1cc(-c2cc(-c3ccccc3)c3c(N)ncnc3n2)cc(OC)c1OC. The normalized spacial score (nSPS) is 10.7. The summed E-state index contributed by atoms with van der Waals surface area (Å²) in [6, 6.07) is 15.6. The van der Waals surface area contributed by atoms with Gasteiger partial charge in [-0.1, -0.05) is 30.3 Å². The minimum absolute atomic E-state index is 0.387. The molecule has 0 spiro atoms. The smallest absolute Gasteiger partial charge is 0.203 e. The lowest BCUT2D eigenvalue weighted by Crippen LogP contribution is -2.00. The topological polar surface area (TPSA) is 92.4 Å². The lowest BCUT2D eigenvalue weighted by Gasteiger charge is -2.15. The first kappa shape index (κ1) is 18.5. The molecule has 146 valence electrons. The van der Waals surface area contributed by atoms with Gasteiger partial charge in [-0.05, 0) is 29.3 Å². The Kier molecular flexibility index (Phi) is 4.87. The summed E-state index contributed by atoms with van der Waals surface area (Å²) in [6.07, 6.45) is 1.42. The van der Waals surface area contributed by atoms with Gasteiger partial charge in [0, 0.05) is 5.56 Å². The van der Waals surface area contributed by atoms with Crippen LogP contribution in [0.15, 0.2) is 54.9 Å². The number of rotatable bonds is 5. The van der Waals surface area contributed by atoms with E-state index in [1.807, 2.05) is 48.5 Å². The molecule has 2 aromatic carbocycles. The van der Waals surface area contributed by atoms with E-state index in [0.29, 0.717) is 34.4 Å². The molecule has 0 aliphatic rings. The molecule has 7 heteroatoms. The van der Waals surface area contributed by atoms with Crippen molar-refractivity contribution < 1.29 is 14.2 Å². The molecule has 0 saturated heterocycles. The fraction of sp³-hybridized carbons (Fsp3) is 0.136. The maximum atomic E-state index is 6.16. The number of methoxy groups -OCH3 is 3. The Bertz CT molecular complexity index is 1150. The van der Waals surface area contributed by atoms with E-state index in [2.05, 4.69) is 9.97 Å². The molecule has 4 aromatic rings. The minimum atomic E-state index is 0.387. The van der Waals surface area contributed by atoms with E-state index in [-0.39, 0.29) is 0 Å². The van der Waals surface area contributed by atoms with E-state index in [4.69, 9.17) is 24.9 Å². The van der Waals surface area contributed by atoms with Crippen molar-refractivity contribution in [2.45, 2.75) is 0 Å². The van der Waals surface area contributed by atoms with Gasteiger partial charge in [0.2, 0.25) is 5.75 Å². The van der Waals surface area contributed by atoms with Gasteiger partial charge in [0.05, 0.1) is 32.4 Å². The van der Waals surface area contributed by atoms with Gasteiger partial charge in [-0.3, -0.25) is 0 Å². The molecule has 29 heavy (non-hydrogen) atoms. The maximum Gasteiger partial charge on any atom is 0.203 e. The van der Waals surface area contributed by atoms with Crippen molar-refractivity contribution in [2.75, 3.05) is 27.1 Å². The van der Waals surface area contributed by atoms with Gasteiger partial charge in [-0.25, -0.2) is 15.0 Å². The van der Waals surface area contributed by atoms with Crippen LogP contribution in [-0.4, -0.2) is 36.3 Å². The number of nitrogens with zero attached hydrogens (tertiary/aromatic N) is 3. The number of hydrogen-bond acceptors (Lipinski definition) is 7. The van der Waals surface area contributed by atoms with E-state index in [1.54, 1.807) is 21.3 Å². The van der Waals surface area contributed by atoms with Crippen molar-refractivity contribution in [3.8, 4) is 39.6 Å². The fourth-order valence-electron chi connectivity index (χ4n) is 3.31. The minimum Gasteiger partial charge on any atom is -0.493 e. The van der Waals surface area contributed by atoms with Crippen molar-refractivity contribution in [1.82, 2.24) is 15.0 Å². The molecule has 7 nitrogen and oxygen atoms in total. The largest absolute Gasteiger partial charge is 0.493 e. The monoisotopic (exact) mass is 388 g/mol. The molecule has 0 amide bonds. The Labute approximate surface area is 168 Å². The highest BCUT2D eigenvalue weighted by molar-refractivity contribution is 6.01. The van der Waals surface area contributed by atoms with Gasteiger partial charge < -0.3 is 19.9 Å². The Morgan fingerprint density at radius 1 is 0.793 bits per heavy atom. The highest BCUT2D eigenvalue weighted by atomic mass is 16.5. The first-order valence-corrected chi connectivity index (χ1v) is 8.93. The highest BCUT2D eigenvalue weighted by Gasteiger charge is 2.18. The van der Waals surface area contributed by atoms with Crippen LogP contribution in [0.1, 0.15) is 0 Å². The van der Waals surface area contributed by atoms with Crippen molar-refractivity contribution in [3.63, 3.8) is 0 Å². The molecule has 0 fully saturated rings. The molecule has 0 aliphatic carbocycles. The third-order valence-electron chi connectivity index (χ3n) is 4.68. The Morgan fingerprint density at radius 3 is 2.10 bits per heavy atom. The molecule has 0 saturated carbocycles. The van der Waals surface area contributed by atoms with Crippen molar-refractivity contribution in [1.29, 1.82) is 0 Å². The Balaban J connectivity index is 2.01. The zero-order chi connectivity index (χ0) is 20.4. The summed E-state index contributed by atoms with van der Waals surface area (Å²) < 4.78 is 16.4. The summed E-state index contributed by atoms with van der Waals surface area (Å²) in [5, 5.41) is 0.717. The van der Waals surface area contributed by atoms with Crippen LogP contribution in [0.25, 0.3) is 33.4 Å². The van der Waals surface area contributed by atoms with E-state index in [1.165, 1.54) is 6.33 Å². The molecule has 0 atom stereocenters. The zero-order valence-corrected chi connectivity index (χ0v) is 16.3. The zero-order valence-electron chi connectivity index (χ0n) is 16.3. The van der Waals surface area contributed by atoms with Gasteiger partial charge in [-0.15, -0.1) is 0 Å². The molecule has 0 unspecified atom stereocenters. The van der Waals surface area contributed by atoms with Crippen LogP contribution in [0.4, 0.5) is 5.82 Å². The second kappa shape index (κ2) is 7.63. The predicted octanol–water partition coefficient (Wildman–Crippen LogP) is 3.97. The second-order valence-corrected chi connectivity index (χ2v) is 6.29. The number of aromatic nitrogens is 3. The summed E-state index contributed by atoms with van der Waals surface area (Å²) >= 11 is 0. The summed E-state index contributed by atoms with van der Waals surface area (Å²) in [5.74, 6) is 2.01. The number of pyridine rings is 1. The van der Waals surface area contributed by atoms with E-state index >= 15 is 0 Å². The van der Waals surface area contributed by atoms with Crippen LogP contribution >= 0.6 is 0 Å².